The second-order valence-corrected chi connectivity index (χ2v) is 5.59. The van der Waals surface area contributed by atoms with E-state index in [-0.39, 0.29) is 11.9 Å². The summed E-state index contributed by atoms with van der Waals surface area (Å²) >= 11 is 0. The monoisotopic (exact) mass is 296 g/mol. The van der Waals surface area contributed by atoms with E-state index in [9.17, 15) is 4.79 Å². The summed E-state index contributed by atoms with van der Waals surface area (Å²) in [5, 5.41) is 0. The van der Waals surface area contributed by atoms with Crippen molar-refractivity contribution in [2.24, 2.45) is 7.05 Å². The number of pyridine rings is 1. The van der Waals surface area contributed by atoms with Gasteiger partial charge in [-0.05, 0) is 38.0 Å². The van der Waals surface area contributed by atoms with Gasteiger partial charge in [0.2, 0.25) is 5.91 Å². The fourth-order valence-electron chi connectivity index (χ4n) is 2.97. The molecule has 1 aliphatic heterocycles. The number of aryl methyl sites for hydroxylation is 1. The number of rotatable bonds is 3. The van der Waals surface area contributed by atoms with Gasteiger partial charge in [0.05, 0.1) is 29.3 Å². The van der Waals surface area contributed by atoms with Crippen molar-refractivity contribution in [3.63, 3.8) is 0 Å². The first-order valence-corrected chi connectivity index (χ1v) is 7.50. The zero-order valence-corrected chi connectivity index (χ0v) is 13.0. The van der Waals surface area contributed by atoms with Crippen LogP contribution in [0.1, 0.15) is 30.4 Å². The first-order chi connectivity index (χ1) is 10.6. The van der Waals surface area contributed by atoms with Crippen LogP contribution in [0.2, 0.25) is 0 Å². The Balaban J connectivity index is 1.96. The first-order valence-electron chi connectivity index (χ1n) is 7.50. The van der Waals surface area contributed by atoms with E-state index in [4.69, 9.17) is 4.98 Å². The zero-order chi connectivity index (χ0) is 15.7. The highest BCUT2D eigenvalue weighted by Gasteiger charge is 2.29. The Kier molecular flexibility index (Phi) is 3.79. The number of nitrogens with zero attached hydrogens (tertiary/aromatic N) is 4. The van der Waals surface area contributed by atoms with Crippen LogP contribution in [0.25, 0.3) is 11.4 Å². The molecule has 5 nitrogen and oxygen atoms in total. The van der Waals surface area contributed by atoms with Gasteiger partial charge in [0.15, 0.2) is 0 Å². The van der Waals surface area contributed by atoms with E-state index < -0.39 is 0 Å². The Bertz CT molecular complexity index is 719. The molecular weight excluding hydrogens is 276 g/mol. The van der Waals surface area contributed by atoms with Crippen LogP contribution in [0.5, 0.6) is 0 Å². The molecule has 2 aromatic heterocycles. The highest BCUT2D eigenvalue weighted by molar-refractivity contribution is 5.87. The lowest BCUT2D eigenvalue weighted by atomic mass is 10.1. The normalized spacial score (nSPS) is 17.7. The quantitative estimate of drug-likeness (QED) is 0.818. The van der Waals surface area contributed by atoms with Crippen LogP contribution in [-0.4, -0.2) is 31.9 Å². The summed E-state index contributed by atoms with van der Waals surface area (Å²) in [7, 11) is 1.98. The van der Waals surface area contributed by atoms with E-state index >= 15 is 0 Å². The van der Waals surface area contributed by atoms with Crippen LogP contribution in [0.4, 0.5) is 0 Å². The lowest BCUT2D eigenvalue weighted by Gasteiger charge is -2.23. The van der Waals surface area contributed by atoms with Gasteiger partial charge >= 0.3 is 0 Å². The zero-order valence-electron chi connectivity index (χ0n) is 13.0. The number of carbonyl (C=O) groups is 1. The number of aromatic nitrogens is 3. The largest absolute Gasteiger partial charge is 0.331 e. The Morgan fingerprint density at radius 1 is 1.45 bits per heavy atom. The Morgan fingerprint density at radius 3 is 2.95 bits per heavy atom. The lowest BCUT2D eigenvalue weighted by Crippen LogP contribution is -2.29. The molecule has 0 aromatic carbocycles. The maximum Gasteiger partial charge on any atom is 0.246 e. The Labute approximate surface area is 130 Å². The number of imidazole rings is 1. The Morgan fingerprint density at radius 2 is 2.27 bits per heavy atom. The van der Waals surface area contributed by atoms with E-state index in [0.717, 1.165) is 42.3 Å². The van der Waals surface area contributed by atoms with Gasteiger partial charge in [0, 0.05) is 13.6 Å². The average molecular weight is 296 g/mol. The molecular formula is C17H20N4O. The molecule has 22 heavy (non-hydrogen) atoms. The van der Waals surface area contributed by atoms with Crippen LogP contribution in [0.3, 0.4) is 0 Å². The van der Waals surface area contributed by atoms with Gasteiger partial charge < -0.3 is 9.47 Å². The third-order valence-electron chi connectivity index (χ3n) is 4.31. The molecule has 5 heteroatoms. The number of hydrogen-bond acceptors (Lipinski definition) is 3. The van der Waals surface area contributed by atoms with Crippen molar-refractivity contribution in [3.05, 3.63) is 48.6 Å². The van der Waals surface area contributed by atoms with Crippen molar-refractivity contribution in [2.45, 2.75) is 25.8 Å². The molecule has 2 aromatic rings. The van der Waals surface area contributed by atoms with E-state index in [0.29, 0.717) is 0 Å². The molecule has 0 bridgehead atoms. The van der Waals surface area contributed by atoms with Gasteiger partial charge in [-0.25, -0.2) is 9.97 Å². The molecule has 1 aliphatic rings. The third kappa shape index (κ3) is 2.43. The topological polar surface area (TPSA) is 51.0 Å². The maximum absolute atomic E-state index is 12.0. The first kappa shape index (κ1) is 14.5. The van der Waals surface area contributed by atoms with Crippen LogP contribution in [-0.2, 0) is 11.8 Å². The maximum atomic E-state index is 12.0. The van der Waals surface area contributed by atoms with Crippen molar-refractivity contribution in [3.8, 4) is 11.4 Å². The second-order valence-electron chi connectivity index (χ2n) is 5.59. The highest BCUT2D eigenvalue weighted by atomic mass is 16.2. The molecule has 3 heterocycles. The molecule has 1 atom stereocenters. The number of hydrogen-bond donors (Lipinski definition) is 0. The fraction of sp³-hybridized carbons (Fsp3) is 0.353. The molecule has 1 unspecified atom stereocenters. The van der Waals surface area contributed by atoms with Crippen LogP contribution in [0, 0.1) is 6.92 Å². The summed E-state index contributed by atoms with van der Waals surface area (Å²) in [5.74, 6) is 0.928. The van der Waals surface area contributed by atoms with Gasteiger partial charge in [-0.15, -0.1) is 0 Å². The van der Waals surface area contributed by atoms with Gasteiger partial charge in [-0.1, -0.05) is 12.6 Å². The molecule has 1 fully saturated rings. The van der Waals surface area contributed by atoms with Crippen LogP contribution in [0.15, 0.2) is 37.1 Å². The summed E-state index contributed by atoms with van der Waals surface area (Å²) in [6, 6.07) is 6.01. The van der Waals surface area contributed by atoms with E-state index in [2.05, 4.69) is 11.6 Å². The number of amides is 1. The van der Waals surface area contributed by atoms with Gasteiger partial charge in [-0.3, -0.25) is 4.79 Å². The molecule has 3 rings (SSSR count). The molecule has 1 saturated heterocycles. The smallest absolute Gasteiger partial charge is 0.246 e. The van der Waals surface area contributed by atoms with E-state index in [1.165, 1.54) is 6.08 Å². The predicted molar refractivity (Wildman–Crippen MR) is 85.1 cm³/mol. The molecule has 0 radical (unpaired) electrons. The molecule has 0 saturated carbocycles. The highest BCUT2D eigenvalue weighted by Crippen LogP contribution is 2.32. The molecule has 0 N–H and O–H groups in total. The van der Waals surface area contributed by atoms with E-state index in [1.807, 2.05) is 47.8 Å². The Hall–Kier alpha value is -2.43. The van der Waals surface area contributed by atoms with Gasteiger partial charge in [-0.2, -0.15) is 0 Å². The summed E-state index contributed by atoms with van der Waals surface area (Å²) < 4.78 is 2.02. The van der Waals surface area contributed by atoms with Crippen molar-refractivity contribution in [1.29, 1.82) is 0 Å². The van der Waals surface area contributed by atoms with E-state index in [1.54, 1.807) is 0 Å². The lowest BCUT2D eigenvalue weighted by molar-refractivity contribution is -0.126. The minimum absolute atomic E-state index is 0.0221. The van der Waals surface area contributed by atoms with Crippen molar-refractivity contribution < 1.29 is 4.79 Å². The SMILES string of the molecule is C=CC(=O)N1CCCC1c1cccc(-c2cnc(C)n2C)n1. The molecule has 114 valence electrons. The van der Waals surface area contributed by atoms with Gasteiger partial charge in [0.25, 0.3) is 0 Å². The molecule has 1 amide bonds. The van der Waals surface area contributed by atoms with Gasteiger partial charge in [0.1, 0.15) is 5.82 Å². The fourth-order valence-corrected chi connectivity index (χ4v) is 2.97. The van der Waals surface area contributed by atoms with Crippen molar-refractivity contribution >= 4 is 5.91 Å². The summed E-state index contributed by atoms with van der Waals surface area (Å²) in [6.07, 6.45) is 5.16. The molecule has 0 spiro atoms. The van der Waals surface area contributed by atoms with Crippen LogP contribution < -0.4 is 0 Å². The van der Waals surface area contributed by atoms with Crippen molar-refractivity contribution in [1.82, 2.24) is 19.4 Å². The predicted octanol–water partition coefficient (Wildman–Crippen LogP) is 2.64. The van der Waals surface area contributed by atoms with Crippen molar-refractivity contribution in [2.75, 3.05) is 6.54 Å². The number of carbonyl (C=O) groups excluding carboxylic acids is 1. The summed E-state index contributed by atoms with van der Waals surface area (Å²) in [5.41, 5.74) is 2.81. The minimum Gasteiger partial charge on any atom is -0.331 e. The standard InChI is InChI=1S/C17H20N4O/c1-4-17(22)21-10-6-9-15(21)13-7-5-8-14(19-13)16-11-18-12(2)20(16)3/h4-5,7-8,11,15H,1,6,9-10H2,2-3H3. The minimum atomic E-state index is -0.0221. The van der Waals surface area contributed by atoms with Crippen LogP contribution >= 0.6 is 0 Å². The molecule has 0 aliphatic carbocycles. The average Bonchev–Trinajstić information content (AvgIpc) is 3.15. The number of likely N-dealkylation sites (tertiary alicyclic amines) is 1. The summed E-state index contributed by atoms with van der Waals surface area (Å²) in [4.78, 5) is 22.9. The third-order valence-corrected chi connectivity index (χ3v) is 4.31. The second kappa shape index (κ2) is 5.75. The summed E-state index contributed by atoms with van der Waals surface area (Å²) in [6.45, 7) is 6.33.